The van der Waals surface area contributed by atoms with Gasteiger partial charge in [0.1, 0.15) is 0 Å². The lowest BCUT2D eigenvalue weighted by molar-refractivity contribution is -0.129. The minimum absolute atomic E-state index is 0.0567. The van der Waals surface area contributed by atoms with Crippen molar-refractivity contribution in [3.8, 4) is 0 Å². The van der Waals surface area contributed by atoms with Crippen LogP contribution in [0.15, 0.2) is 6.20 Å². The van der Waals surface area contributed by atoms with Gasteiger partial charge in [-0.25, -0.2) is 0 Å². The number of thiol groups is 1. The van der Waals surface area contributed by atoms with Crippen LogP contribution >= 0.6 is 12.6 Å². The number of carbonyl (C=O) groups excluding carboxylic acids is 2. The average molecular weight is 322 g/mol. The number of hydrogen-bond donors (Lipinski definition) is 2. The Bertz CT molecular complexity index is 596. The SMILES string of the molecule is Cc1c([C@H]2[C@H](C(=O)NCCS)CC(=O)N2C2CC2)cnn1C. The van der Waals surface area contributed by atoms with Gasteiger partial charge in [0.15, 0.2) is 0 Å². The van der Waals surface area contributed by atoms with Gasteiger partial charge in [0.2, 0.25) is 11.8 Å². The standard InChI is InChI=1S/C15H22N4O2S/c1-9-12(8-17-18(9)2)14-11(15(21)16-5-6-22)7-13(20)19(14)10-3-4-10/h8,10-11,14,22H,3-7H2,1-2H3,(H,16,21)/t11-,14-/m1/s1. The summed E-state index contributed by atoms with van der Waals surface area (Å²) in [5.74, 6) is 0.284. The van der Waals surface area contributed by atoms with E-state index in [4.69, 9.17) is 0 Å². The molecular weight excluding hydrogens is 300 g/mol. The number of carbonyl (C=O) groups is 2. The fourth-order valence-corrected chi connectivity index (χ4v) is 3.37. The van der Waals surface area contributed by atoms with Crippen molar-refractivity contribution in [3.63, 3.8) is 0 Å². The number of nitrogens with zero attached hydrogens (tertiary/aromatic N) is 3. The molecule has 1 aliphatic heterocycles. The Hall–Kier alpha value is -1.50. The molecule has 0 radical (unpaired) electrons. The number of rotatable bonds is 5. The highest BCUT2D eigenvalue weighted by atomic mass is 32.1. The summed E-state index contributed by atoms with van der Waals surface area (Å²) >= 11 is 4.12. The molecule has 1 saturated carbocycles. The second kappa shape index (κ2) is 5.95. The maximum absolute atomic E-state index is 12.5. The van der Waals surface area contributed by atoms with Gasteiger partial charge in [-0.2, -0.15) is 17.7 Å². The third-order valence-corrected chi connectivity index (χ3v) is 4.87. The second-order valence-electron chi connectivity index (χ2n) is 6.11. The molecule has 22 heavy (non-hydrogen) atoms. The predicted octanol–water partition coefficient (Wildman–Crippen LogP) is 0.827. The van der Waals surface area contributed by atoms with Crippen molar-refractivity contribution in [1.29, 1.82) is 0 Å². The van der Waals surface area contributed by atoms with Crippen LogP contribution in [0.3, 0.4) is 0 Å². The van der Waals surface area contributed by atoms with Crippen LogP contribution < -0.4 is 5.32 Å². The van der Waals surface area contributed by atoms with E-state index in [0.717, 1.165) is 24.1 Å². The lowest BCUT2D eigenvalue weighted by Crippen LogP contribution is -2.37. The quantitative estimate of drug-likeness (QED) is 0.789. The van der Waals surface area contributed by atoms with E-state index in [1.54, 1.807) is 10.9 Å². The van der Waals surface area contributed by atoms with Gasteiger partial charge in [0.05, 0.1) is 18.2 Å². The maximum Gasteiger partial charge on any atom is 0.226 e. The third kappa shape index (κ3) is 2.62. The topological polar surface area (TPSA) is 67.2 Å². The van der Waals surface area contributed by atoms with Gasteiger partial charge in [-0.1, -0.05) is 0 Å². The monoisotopic (exact) mass is 322 g/mol. The molecule has 1 saturated heterocycles. The largest absolute Gasteiger partial charge is 0.355 e. The molecule has 2 atom stereocenters. The highest BCUT2D eigenvalue weighted by molar-refractivity contribution is 7.80. The van der Waals surface area contributed by atoms with Gasteiger partial charge >= 0.3 is 0 Å². The molecule has 2 heterocycles. The molecule has 3 rings (SSSR count). The van der Waals surface area contributed by atoms with Crippen LogP contribution in [0, 0.1) is 12.8 Å². The van der Waals surface area contributed by atoms with Crippen molar-refractivity contribution in [1.82, 2.24) is 20.0 Å². The van der Waals surface area contributed by atoms with Crippen LogP contribution in [-0.4, -0.2) is 44.8 Å². The van der Waals surface area contributed by atoms with Gasteiger partial charge in [0, 0.05) is 43.1 Å². The van der Waals surface area contributed by atoms with E-state index in [2.05, 4.69) is 23.0 Å². The van der Waals surface area contributed by atoms with E-state index in [1.807, 2.05) is 18.9 Å². The molecule has 0 unspecified atom stereocenters. The molecule has 6 nitrogen and oxygen atoms in total. The lowest BCUT2D eigenvalue weighted by Gasteiger charge is -2.28. The van der Waals surface area contributed by atoms with E-state index in [-0.39, 0.29) is 30.2 Å². The molecule has 0 spiro atoms. The molecule has 2 fully saturated rings. The molecule has 0 bridgehead atoms. The molecular formula is C15H22N4O2S. The minimum atomic E-state index is -0.337. The van der Waals surface area contributed by atoms with Crippen LogP contribution in [-0.2, 0) is 16.6 Å². The number of aromatic nitrogens is 2. The summed E-state index contributed by atoms with van der Waals surface area (Å²) in [6.45, 7) is 2.51. The first-order chi connectivity index (χ1) is 10.5. The Balaban J connectivity index is 1.92. The van der Waals surface area contributed by atoms with Gasteiger partial charge in [-0.15, -0.1) is 0 Å². The molecule has 7 heteroatoms. The molecule has 1 aromatic rings. The first-order valence-corrected chi connectivity index (χ1v) is 8.36. The van der Waals surface area contributed by atoms with Crippen molar-refractivity contribution < 1.29 is 9.59 Å². The van der Waals surface area contributed by atoms with Crippen LogP contribution in [0.2, 0.25) is 0 Å². The average Bonchev–Trinajstić information content (AvgIpc) is 3.20. The summed E-state index contributed by atoms with van der Waals surface area (Å²) in [4.78, 5) is 26.9. The summed E-state index contributed by atoms with van der Waals surface area (Å²) in [5, 5.41) is 7.17. The Morgan fingerprint density at radius 1 is 1.50 bits per heavy atom. The normalized spacial score (nSPS) is 24.9. The Morgan fingerprint density at radius 3 is 2.77 bits per heavy atom. The zero-order valence-corrected chi connectivity index (χ0v) is 13.8. The zero-order valence-electron chi connectivity index (χ0n) is 13.0. The predicted molar refractivity (Wildman–Crippen MR) is 85.5 cm³/mol. The summed E-state index contributed by atoms with van der Waals surface area (Å²) in [5.41, 5.74) is 2.00. The highest BCUT2D eigenvalue weighted by Gasteiger charge is 2.50. The van der Waals surface area contributed by atoms with Gasteiger partial charge < -0.3 is 10.2 Å². The van der Waals surface area contributed by atoms with Crippen molar-refractivity contribution in [2.24, 2.45) is 13.0 Å². The summed E-state index contributed by atoms with van der Waals surface area (Å²) < 4.78 is 1.80. The first kappa shape index (κ1) is 15.4. The number of hydrogen-bond acceptors (Lipinski definition) is 4. The fourth-order valence-electron chi connectivity index (χ4n) is 3.26. The maximum atomic E-state index is 12.5. The number of aryl methyl sites for hydroxylation is 1. The Kier molecular flexibility index (Phi) is 4.16. The number of nitrogens with one attached hydrogen (secondary N) is 1. The van der Waals surface area contributed by atoms with Crippen molar-refractivity contribution >= 4 is 24.4 Å². The van der Waals surface area contributed by atoms with Gasteiger partial charge in [-0.3, -0.25) is 14.3 Å². The second-order valence-corrected chi connectivity index (χ2v) is 6.56. The molecule has 1 N–H and O–H groups in total. The molecule has 2 aliphatic rings. The Labute approximate surface area is 135 Å². The van der Waals surface area contributed by atoms with E-state index < -0.39 is 0 Å². The van der Waals surface area contributed by atoms with E-state index >= 15 is 0 Å². The zero-order chi connectivity index (χ0) is 15.9. The Morgan fingerprint density at radius 2 is 2.23 bits per heavy atom. The molecule has 1 aromatic heterocycles. The molecule has 120 valence electrons. The number of amides is 2. The van der Waals surface area contributed by atoms with Crippen LogP contribution in [0.1, 0.15) is 36.6 Å². The first-order valence-electron chi connectivity index (χ1n) is 7.72. The summed E-state index contributed by atoms with van der Waals surface area (Å²) in [7, 11) is 1.88. The third-order valence-electron chi connectivity index (χ3n) is 4.64. The smallest absolute Gasteiger partial charge is 0.226 e. The minimum Gasteiger partial charge on any atom is -0.355 e. The van der Waals surface area contributed by atoms with Gasteiger partial charge in [0.25, 0.3) is 0 Å². The van der Waals surface area contributed by atoms with E-state index in [1.165, 1.54) is 0 Å². The van der Waals surface area contributed by atoms with Crippen LogP contribution in [0.4, 0.5) is 0 Å². The van der Waals surface area contributed by atoms with E-state index in [9.17, 15) is 9.59 Å². The summed E-state index contributed by atoms with van der Waals surface area (Å²) in [6.07, 6.45) is 4.15. The lowest BCUT2D eigenvalue weighted by atomic mass is 9.93. The van der Waals surface area contributed by atoms with Crippen LogP contribution in [0.25, 0.3) is 0 Å². The molecule has 0 aromatic carbocycles. The summed E-state index contributed by atoms with van der Waals surface area (Å²) in [6, 6.07) is 0.105. The van der Waals surface area contributed by atoms with Crippen molar-refractivity contribution in [2.75, 3.05) is 12.3 Å². The fraction of sp³-hybridized carbons (Fsp3) is 0.667. The van der Waals surface area contributed by atoms with Crippen molar-refractivity contribution in [2.45, 2.75) is 38.3 Å². The molecule has 1 aliphatic carbocycles. The van der Waals surface area contributed by atoms with Crippen molar-refractivity contribution in [3.05, 3.63) is 17.5 Å². The van der Waals surface area contributed by atoms with Gasteiger partial charge in [-0.05, 0) is 19.8 Å². The highest BCUT2D eigenvalue weighted by Crippen LogP contribution is 2.45. The van der Waals surface area contributed by atoms with Crippen LogP contribution in [0.5, 0.6) is 0 Å². The number of likely N-dealkylation sites (tertiary alicyclic amines) is 1. The molecule has 2 amide bonds. The van der Waals surface area contributed by atoms with E-state index in [0.29, 0.717) is 18.3 Å².